The Morgan fingerprint density at radius 2 is 0.929 bits per heavy atom. The summed E-state index contributed by atoms with van der Waals surface area (Å²) in [7, 11) is 0. The van der Waals surface area contributed by atoms with Gasteiger partial charge in [0.15, 0.2) is 0 Å². The minimum atomic E-state index is -0.561. The standard InChI is InChI=1S/C44H35F2N3O7/c1-28(51)47-37-19-12-33(22-41(37)55-25-29-5-3-2-4-6-29)44(53)49-39-20-13-34(23-42(39)56-27-31-9-16-36(46)17-10-31)43(52)48-38-18-11-32(24-50)21-40(38)54-26-30-7-14-35(45)15-8-30/h2-24H,25-27H2,1H3,(H,47,51)(H,48,52)(H,49,53). The summed E-state index contributed by atoms with van der Waals surface area (Å²) >= 11 is 0. The fourth-order valence-electron chi connectivity index (χ4n) is 5.40. The molecule has 3 N–H and O–H groups in total. The van der Waals surface area contributed by atoms with Crippen LogP contribution in [-0.4, -0.2) is 24.0 Å². The van der Waals surface area contributed by atoms with Crippen LogP contribution in [0, 0.1) is 11.6 Å². The van der Waals surface area contributed by atoms with Crippen LogP contribution in [0.25, 0.3) is 0 Å². The Hall–Kier alpha value is -7.34. The van der Waals surface area contributed by atoms with Crippen molar-refractivity contribution in [2.75, 3.05) is 16.0 Å². The second-order valence-corrected chi connectivity index (χ2v) is 12.5. The Morgan fingerprint density at radius 3 is 1.38 bits per heavy atom. The van der Waals surface area contributed by atoms with Gasteiger partial charge in [-0.25, -0.2) is 8.78 Å². The van der Waals surface area contributed by atoms with E-state index in [0.29, 0.717) is 28.7 Å². The highest BCUT2D eigenvalue weighted by molar-refractivity contribution is 6.08. The topological polar surface area (TPSA) is 132 Å². The fourth-order valence-corrected chi connectivity index (χ4v) is 5.40. The monoisotopic (exact) mass is 755 g/mol. The average Bonchev–Trinajstić information content (AvgIpc) is 3.21. The molecule has 3 amide bonds. The summed E-state index contributed by atoms with van der Waals surface area (Å²) in [4.78, 5) is 50.8. The number of benzene rings is 6. The van der Waals surface area contributed by atoms with E-state index >= 15 is 0 Å². The minimum Gasteiger partial charge on any atom is -0.487 e. The molecule has 0 aromatic heterocycles. The normalized spacial score (nSPS) is 10.6. The quantitative estimate of drug-likeness (QED) is 0.0892. The summed E-state index contributed by atoms with van der Waals surface area (Å²) in [6.07, 6.45) is 0.643. The number of aldehydes is 1. The van der Waals surface area contributed by atoms with Crippen LogP contribution in [0.3, 0.4) is 0 Å². The number of rotatable bonds is 15. The minimum absolute atomic E-state index is 0.0222. The van der Waals surface area contributed by atoms with E-state index in [1.807, 2.05) is 30.3 Å². The maximum Gasteiger partial charge on any atom is 0.255 e. The van der Waals surface area contributed by atoms with E-state index in [0.717, 1.165) is 5.56 Å². The Bertz CT molecular complexity index is 2350. The van der Waals surface area contributed by atoms with Crippen molar-refractivity contribution in [3.8, 4) is 17.2 Å². The molecule has 0 fully saturated rings. The number of ether oxygens (including phenoxy) is 3. The van der Waals surface area contributed by atoms with Gasteiger partial charge >= 0.3 is 0 Å². The molecule has 10 nitrogen and oxygen atoms in total. The highest BCUT2D eigenvalue weighted by Gasteiger charge is 2.18. The van der Waals surface area contributed by atoms with E-state index in [9.17, 15) is 28.0 Å². The van der Waals surface area contributed by atoms with Crippen molar-refractivity contribution in [3.63, 3.8) is 0 Å². The highest BCUT2D eigenvalue weighted by Crippen LogP contribution is 2.32. The van der Waals surface area contributed by atoms with Crippen molar-refractivity contribution in [2.24, 2.45) is 0 Å². The Morgan fingerprint density at radius 1 is 0.518 bits per heavy atom. The van der Waals surface area contributed by atoms with Gasteiger partial charge in [0.05, 0.1) is 17.1 Å². The van der Waals surface area contributed by atoms with Crippen LogP contribution in [0.4, 0.5) is 25.8 Å². The van der Waals surface area contributed by atoms with Crippen LogP contribution < -0.4 is 30.2 Å². The molecule has 56 heavy (non-hydrogen) atoms. The summed E-state index contributed by atoms with van der Waals surface area (Å²) in [5, 5.41) is 8.35. The van der Waals surface area contributed by atoms with Crippen LogP contribution >= 0.6 is 0 Å². The molecule has 0 bridgehead atoms. The molecule has 12 heteroatoms. The number of nitrogens with one attached hydrogen (secondary N) is 3. The molecule has 0 radical (unpaired) electrons. The molecule has 0 heterocycles. The summed E-state index contributed by atoms with van der Waals surface area (Å²) < 4.78 is 45.0. The van der Waals surface area contributed by atoms with E-state index in [1.54, 1.807) is 30.3 Å². The fraction of sp³-hybridized carbons (Fsp3) is 0.0909. The van der Waals surface area contributed by atoms with Gasteiger partial charge in [0.25, 0.3) is 11.8 Å². The largest absolute Gasteiger partial charge is 0.487 e. The number of carbonyl (C=O) groups is 4. The van der Waals surface area contributed by atoms with E-state index in [2.05, 4.69) is 16.0 Å². The van der Waals surface area contributed by atoms with Gasteiger partial charge in [-0.3, -0.25) is 19.2 Å². The summed E-state index contributed by atoms with van der Waals surface area (Å²) in [5.74, 6) is -1.61. The molecule has 6 rings (SSSR count). The zero-order valence-corrected chi connectivity index (χ0v) is 30.0. The number of anilines is 3. The van der Waals surface area contributed by atoms with E-state index in [1.165, 1.54) is 79.7 Å². The van der Waals surface area contributed by atoms with Gasteiger partial charge in [0.1, 0.15) is 55.0 Å². The third kappa shape index (κ3) is 10.4. The number of carbonyl (C=O) groups excluding carboxylic acids is 4. The average molecular weight is 756 g/mol. The van der Waals surface area contributed by atoms with Crippen molar-refractivity contribution in [1.29, 1.82) is 0 Å². The molecular weight excluding hydrogens is 720 g/mol. The molecule has 6 aromatic rings. The Balaban J connectivity index is 1.24. The molecule has 0 aliphatic carbocycles. The van der Waals surface area contributed by atoms with Crippen molar-refractivity contribution in [3.05, 3.63) is 178 Å². The summed E-state index contributed by atoms with van der Waals surface area (Å²) in [6, 6.07) is 34.4. The molecule has 0 saturated carbocycles. The first kappa shape index (κ1) is 38.4. The van der Waals surface area contributed by atoms with Gasteiger partial charge < -0.3 is 30.2 Å². The molecular formula is C44H35F2N3O7. The van der Waals surface area contributed by atoms with Gasteiger partial charge in [0.2, 0.25) is 5.91 Å². The van der Waals surface area contributed by atoms with Gasteiger partial charge in [-0.2, -0.15) is 0 Å². The number of halogens is 2. The Kier molecular flexibility index (Phi) is 12.4. The van der Waals surface area contributed by atoms with Crippen molar-refractivity contribution < 1.29 is 42.2 Å². The zero-order chi connectivity index (χ0) is 39.4. The van der Waals surface area contributed by atoms with Crippen LogP contribution in [0.1, 0.15) is 54.7 Å². The molecule has 0 unspecified atom stereocenters. The lowest BCUT2D eigenvalue weighted by Crippen LogP contribution is -2.16. The highest BCUT2D eigenvalue weighted by atomic mass is 19.1. The molecule has 0 aliphatic heterocycles. The third-order valence-electron chi connectivity index (χ3n) is 8.29. The molecule has 0 saturated heterocycles. The lowest BCUT2D eigenvalue weighted by atomic mass is 10.1. The van der Waals surface area contributed by atoms with Crippen molar-refractivity contribution in [2.45, 2.75) is 26.7 Å². The maximum atomic E-state index is 13.7. The van der Waals surface area contributed by atoms with Gasteiger partial charge in [-0.15, -0.1) is 0 Å². The molecule has 282 valence electrons. The van der Waals surface area contributed by atoms with E-state index in [4.69, 9.17) is 14.2 Å². The predicted octanol–water partition coefficient (Wildman–Crippen LogP) is 8.98. The first-order chi connectivity index (χ1) is 27.1. The first-order valence-corrected chi connectivity index (χ1v) is 17.3. The summed E-state index contributed by atoms with van der Waals surface area (Å²) in [6.45, 7) is 1.57. The first-order valence-electron chi connectivity index (χ1n) is 17.3. The van der Waals surface area contributed by atoms with Crippen molar-refractivity contribution in [1.82, 2.24) is 0 Å². The smallest absolute Gasteiger partial charge is 0.255 e. The number of hydrogen-bond donors (Lipinski definition) is 3. The van der Waals surface area contributed by atoms with Gasteiger partial charge in [-0.1, -0.05) is 54.6 Å². The molecule has 6 aromatic carbocycles. The van der Waals surface area contributed by atoms with E-state index < -0.39 is 23.4 Å². The van der Waals surface area contributed by atoms with Crippen LogP contribution in [0.2, 0.25) is 0 Å². The molecule has 0 aliphatic rings. The van der Waals surface area contributed by atoms with Crippen molar-refractivity contribution >= 4 is 41.1 Å². The van der Waals surface area contributed by atoms with Crippen LogP contribution in [0.5, 0.6) is 17.2 Å². The third-order valence-corrected chi connectivity index (χ3v) is 8.29. The number of amides is 3. The van der Waals surface area contributed by atoms with Gasteiger partial charge in [0, 0.05) is 23.6 Å². The summed E-state index contributed by atoms with van der Waals surface area (Å²) in [5.41, 5.74) is 3.73. The molecule has 0 atom stereocenters. The Labute approximate surface area is 321 Å². The maximum absolute atomic E-state index is 13.7. The lowest BCUT2D eigenvalue weighted by molar-refractivity contribution is -0.114. The zero-order valence-electron chi connectivity index (χ0n) is 30.0. The predicted molar refractivity (Wildman–Crippen MR) is 207 cm³/mol. The number of hydrogen-bond acceptors (Lipinski definition) is 7. The molecule has 0 spiro atoms. The van der Waals surface area contributed by atoms with Crippen LogP contribution in [-0.2, 0) is 24.6 Å². The SMILES string of the molecule is CC(=O)Nc1ccc(C(=O)Nc2ccc(C(=O)Nc3ccc(C=O)cc3OCc3ccc(F)cc3)cc2OCc2ccc(F)cc2)cc1OCc1ccccc1. The lowest BCUT2D eigenvalue weighted by Gasteiger charge is -2.17. The van der Waals surface area contributed by atoms with E-state index in [-0.39, 0.29) is 65.5 Å². The van der Waals surface area contributed by atoms with Gasteiger partial charge in [-0.05, 0) is 95.6 Å². The second kappa shape index (κ2) is 18.1. The van der Waals surface area contributed by atoms with Crippen LogP contribution in [0.15, 0.2) is 133 Å². The second-order valence-electron chi connectivity index (χ2n) is 12.5.